The Hall–Kier alpha value is -4.33. The first kappa shape index (κ1) is 22.5. The number of carbonyl (C=O) groups is 3. The van der Waals surface area contributed by atoms with Gasteiger partial charge in [-0.15, -0.1) is 0 Å². The summed E-state index contributed by atoms with van der Waals surface area (Å²) < 4.78 is 16.5. The molecule has 0 N–H and O–H groups in total. The lowest BCUT2D eigenvalue weighted by molar-refractivity contribution is -0.130. The number of aryl methyl sites for hydroxylation is 1. The fourth-order valence-electron chi connectivity index (χ4n) is 4.86. The zero-order valence-corrected chi connectivity index (χ0v) is 19.8. The highest BCUT2D eigenvalue weighted by molar-refractivity contribution is 6.24. The molecule has 0 bridgehead atoms. The second kappa shape index (κ2) is 8.47. The molecule has 0 unspecified atom stereocenters. The van der Waals surface area contributed by atoms with Crippen LogP contribution in [0.4, 0.5) is 5.69 Å². The van der Waals surface area contributed by atoms with Crippen molar-refractivity contribution in [2.45, 2.75) is 19.0 Å². The molecule has 1 fully saturated rings. The van der Waals surface area contributed by atoms with E-state index >= 15 is 0 Å². The third kappa shape index (κ3) is 3.32. The molecule has 178 valence electrons. The van der Waals surface area contributed by atoms with E-state index in [2.05, 4.69) is 0 Å². The maximum Gasteiger partial charge on any atom is 0.262 e. The molecule has 5 rings (SSSR count). The number of β-lactam (4-membered cyclic amide) rings is 1. The summed E-state index contributed by atoms with van der Waals surface area (Å²) in [6, 6.07) is 15.9. The standard InChI is InChI=1S/C27H24N2O6/c1-15-8-7-9-17(12-15)28-22(16-13-20(33-2)24(35-4)21(14-16)34-3)23(27(28)32)29-25(30)18-10-5-6-11-19(18)26(29)31/h5-14,22-23H,1-4H3/t22-,23-/m1/s1. The Kier molecular flexibility index (Phi) is 5.43. The number of nitrogens with zero attached hydrogens (tertiary/aromatic N) is 2. The van der Waals surface area contributed by atoms with Gasteiger partial charge in [-0.1, -0.05) is 24.3 Å². The van der Waals surface area contributed by atoms with E-state index in [1.165, 1.54) is 21.3 Å². The molecule has 0 radical (unpaired) electrons. The van der Waals surface area contributed by atoms with E-state index in [0.717, 1.165) is 10.5 Å². The number of ether oxygens (including phenoxy) is 3. The van der Waals surface area contributed by atoms with Crippen molar-refractivity contribution in [3.8, 4) is 17.2 Å². The Bertz CT molecular complexity index is 1310. The maximum absolute atomic E-state index is 13.6. The number of methoxy groups -OCH3 is 3. The normalized spacial score (nSPS) is 18.9. The summed E-state index contributed by atoms with van der Waals surface area (Å²) in [5, 5.41) is 0. The number of anilines is 1. The molecule has 3 aromatic rings. The summed E-state index contributed by atoms with van der Waals surface area (Å²) in [4.78, 5) is 42.8. The number of rotatable bonds is 6. The molecular weight excluding hydrogens is 448 g/mol. The van der Waals surface area contributed by atoms with Gasteiger partial charge in [-0.2, -0.15) is 0 Å². The number of amides is 3. The predicted octanol–water partition coefficient (Wildman–Crippen LogP) is 3.77. The van der Waals surface area contributed by atoms with E-state index in [-0.39, 0.29) is 5.91 Å². The molecule has 0 aromatic heterocycles. The van der Waals surface area contributed by atoms with Gasteiger partial charge in [-0.25, -0.2) is 0 Å². The van der Waals surface area contributed by atoms with Crippen LogP contribution in [0.5, 0.6) is 17.2 Å². The zero-order chi connectivity index (χ0) is 24.9. The molecule has 0 spiro atoms. The van der Waals surface area contributed by atoms with Gasteiger partial charge in [-0.05, 0) is 54.4 Å². The minimum Gasteiger partial charge on any atom is -0.493 e. The fourth-order valence-corrected chi connectivity index (χ4v) is 4.86. The maximum atomic E-state index is 13.6. The van der Waals surface area contributed by atoms with Crippen molar-refractivity contribution in [3.05, 3.63) is 82.9 Å². The largest absolute Gasteiger partial charge is 0.493 e. The molecule has 2 aliphatic rings. The van der Waals surface area contributed by atoms with Crippen LogP contribution in [0.15, 0.2) is 60.7 Å². The third-order valence-electron chi connectivity index (χ3n) is 6.48. The van der Waals surface area contributed by atoms with Crippen LogP contribution >= 0.6 is 0 Å². The van der Waals surface area contributed by atoms with Crippen LogP contribution in [-0.2, 0) is 4.79 Å². The van der Waals surface area contributed by atoms with Crippen LogP contribution < -0.4 is 19.1 Å². The average Bonchev–Trinajstić information content (AvgIpc) is 3.11. The molecule has 8 nitrogen and oxygen atoms in total. The van der Waals surface area contributed by atoms with Crippen LogP contribution in [0, 0.1) is 6.92 Å². The lowest BCUT2D eigenvalue weighted by atomic mass is 9.85. The number of benzene rings is 3. The van der Waals surface area contributed by atoms with Gasteiger partial charge in [0.05, 0.1) is 38.5 Å². The van der Waals surface area contributed by atoms with Crippen LogP contribution in [0.2, 0.25) is 0 Å². The summed E-state index contributed by atoms with van der Waals surface area (Å²) in [6.07, 6.45) is 0. The zero-order valence-electron chi connectivity index (χ0n) is 19.8. The van der Waals surface area contributed by atoms with Crippen molar-refractivity contribution in [2.75, 3.05) is 26.2 Å². The summed E-state index contributed by atoms with van der Waals surface area (Å²) >= 11 is 0. The van der Waals surface area contributed by atoms with Crippen molar-refractivity contribution in [1.29, 1.82) is 0 Å². The molecule has 35 heavy (non-hydrogen) atoms. The quantitative estimate of drug-likeness (QED) is 0.401. The molecule has 3 amide bonds. The molecule has 3 aromatic carbocycles. The fraction of sp³-hybridized carbons (Fsp3) is 0.222. The summed E-state index contributed by atoms with van der Waals surface area (Å²) in [6.45, 7) is 1.93. The van der Waals surface area contributed by atoms with E-state index in [1.54, 1.807) is 41.3 Å². The van der Waals surface area contributed by atoms with Crippen molar-refractivity contribution in [3.63, 3.8) is 0 Å². The molecular formula is C27H24N2O6. The van der Waals surface area contributed by atoms with Crippen molar-refractivity contribution in [1.82, 2.24) is 4.90 Å². The van der Waals surface area contributed by atoms with Crippen LogP contribution in [0.3, 0.4) is 0 Å². The third-order valence-corrected chi connectivity index (χ3v) is 6.48. The Morgan fingerprint density at radius 1 is 0.686 bits per heavy atom. The average molecular weight is 472 g/mol. The Balaban J connectivity index is 1.66. The molecule has 0 saturated carbocycles. The van der Waals surface area contributed by atoms with Gasteiger partial charge in [-0.3, -0.25) is 19.3 Å². The SMILES string of the molecule is COc1cc([C@@H]2[C@@H](N3C(=O)c4ccccc4C3=O)C(=O)N2c2cccc(C)c2)cc(OC)c1OC. The van der Waals surface area contributed by atoms with Gasteiger partial charge < -0.3 is 19.1 Å². The Morgan fingerprint density at radius 2 is 1.29 bits per heavy atom. The van der Waals surface area contributed by atoms with Crippen LogP contribution in [-0.4, -0.2) is 50.0 Å². The number of imide groups is 1. The van der Waals surface area contributed by atoms with Crippen molar-refractivity contribution < 1.29 is 28.6 Å². The van der Waals surface area contributed by atoms with Gasteiger partial charge in [0.25, 0.3) is 17.7 Å². The highest BCUT2D eigenvalue weighted by Gasteiger charge is 2.57. The van der Waals surface area contributed by atoms with E-state index in [1.807, 2.05) is 31.2 Å². The van der Waals surface area contributed by atoms with Crippen LogP contribution in [0.25, 0.3) is 0 Å². The second-order valence-electron chi connectivity index (χ2n) is 8.42. The summed E-state index contributed by atoms with van der Waals surface area (Å²) in [7, 11) is 4.52. The Labute approximate surface area is 202 Å². The van der Waals surface area contributed by atoms with E-state index in [0.29, 0.717) is 39.6 Å². The first-order chi connectivity index (χ1) is 16.9. The first-order valence-electron chi connectivity index (χ1n) is 11.1. The molecule has 8 heteroatoms. The minimum absolute atomic E-state index is 0.294. The first-order valence-corrected chi connectivity index (χ1v) is 11.1. The number of carbonyl (C=O) groups excluding carboxylic acids is 3. The smallest absolute Gasteiger partial charge is 0.262 e. The number of fused-ring (bicyclic) bond motifs is 1. The lowest BCUT2D eigenvalue weighted by Crippen LogP contribution is -2.67. The predicted molar refractivity (Wildman–Crippen MR) is 128 cm³/mol. The van der Waals surface area contributed by atoms with Crippen LogP contribution in [0.1, 0.15) is 37.9 Å². The van der Waals surface area contributed by atoms with Gasteiger partial charge in [0, 0.05) is 5.69 Å². The number of hydrogen-bond acceptors (Lipinski definition) is 6. The van der Waals surface area contributed by atoms with E-state index in [9.17, 15) is 14.4 Å². The highest BCUT2D eigenvalue weighted by Crippen LogP contribution is 2.48. The lowest BCUT2D eigenvalue weighted by Gasteiger charge is -2.50. The second-order valence-corrected chi connectivity index (χ2v) is 8.42. The van der Waals surface area contributed by atoms with Gasteiger partial charge in [0.15, 0.2) is 11.5 Å². The highest BCUT2D eigenvalue weighted by atomic mass is 16.5. The van der Waals surface area contributed by atoms with Crippen molar-refractivity contribution >= 4 is 23.4 Å². The summed E-state index contributed by atoms with van der Waals surface area (Å²) in [5.74, 6) is -0.0822. The summed E-state index contributed by atoms with van der Waals surface area (Å²) in [5.41, 5.74) is 2.87. The Morgan fingerprint density at radius 3 is 1.80 bits per heavy atom. The van der Waals surface area contributed by atoms with E-state index < -0.39 is 23.9 Å². The monoisotopic (exact) mass is 472 g/mol. The minimum atomic E-state index is -1.02. The molecule has 0 aliphatic carbocycles. The molecule has 1 saturated heterocycles. The molecule has 2 aliphatic heterocycles. The number of hydrogen-bond donors (Lipinski definition) is 0. The van der Waals surface area contributed by atoms with Gasteiger partial charge >= 0.3 is 0 Å². The van der Waals surface area contributed by atoms with E-state index in [4.69, 9.17) is 14.2 Å². The molecule has 2 atom stereocenters. The topological polar surface area (TPSA) is 85.4 Å². The van der Waals surface area contributed by atoms with Gasteiger partial charge in [0.2, 0.25) is 5.75 Å². The van der Waals surface area contributed by atoms with Crippen molar-refractivity contribution in [2.24, 2.45) is 0 Å². The van der Waals surface area contributed by atoms with Gasteiger partial charge in [0.1, 0.15) is 6.04 Å². The molecule has 2 heterocycles.